The molecule has 0 radical (unpaired) electrons. The van der Waals surface area contributed by atoms with E-state index in [2.05, 4.69) is 4.72 Å². The quantitative estimate of drug-likeness (QED) is 0.758. The maximum Gasteiger partial charge on any atom is 0.247 e. The summed E-state index contributed by atoms with van der Waals surface area (Å²) in [5, 5.41) is 0.402. The summed E-state index contributed by atoms with van der Waals surface area (Å²) in [6, 6.07) is 13.1. The summed E-state index contributed by atoms with van der Waals surface area (Å²) >= 11 is 6.12. The Morgan fingerprint density at radius 1 is 0.933 bits per heavy atom. The first-order valence-corrected chi connectivity index (χ1v) is 11.2. The number of rotatable bonds is 5. The van der Waals surface area contributed by atoms with Gasteiger partial charge in [-0.1, -0.05) is 54.1 Å². The van der Waals surface area contributed by atoms with Crippen LogP contribution in [0.3, 0.4) is 0 Å². The van der Waals surface area contributed by atoms with E-state index in [1.165, 1.54) is 12.1 Å². The molecule has 1 saturated heterocycles. The van der Waals surface area contributed by atoms with Crippen LogP contribution in [0.15, 0.2) is 59.1 Å². The van der Waals surface area contributed by atoms with Gasteiger partial charge in [0.2, 0.25) is 21.6 Å². The van der Waals surface area contributed by atoms with Crippen LogP contribution in [0.1, 0.15) is 26.3 Å². The van der Waals surface area contributed by atoms with Crippen molar-refractivity contribution in [1.29, 1.82) is 0 Å². The molecule has 9 heteroatoms. The van der Waals surface area contributed by atoms with Crippen molar-refractivity contribution >= 4 is 33.2 Å². The minimum atomic E-state index is -4.30. The number of Topliss-reactive ketones (excluding diaryl/α,β-unsaturated/α-hetero) is 2. The number of ketones is 2. The Bertz CT molecular complexity index is 1150. The van der Waals surface area contributed by atoms with Gasteiger partial charge in [0.15, 0.2) is 4.91 Å². The van der Waals surface area contributed by atoms with E-state index in [0.717, 1.165) is 0 Å². The zero-order valence-corrected chi connectivity index (χ0v) is 17.5. The number of halogens is 1. The number of morpholine rings is 1. The minimum Gasteiger partial charge on any atom is -0.378 e. The van der Waals surface area contributed by atoms with Gasteiger partial charge in [0, 0.05) is 35.8 Å². The van der Waals surface area contributed by atoms with Crippen LogP contribution >= 0.6 is 11.6 Å². The second-order valence-electron chi connectivity index (χ2n) is 6.90. The van der Waals surface area contributed by atoms with Crippen LogP contribution in [0.5, 0.6) is 0 Å². The Labute approximate surface area is 179 Å². The summed E-state index contributed by atoms with van der Waals surface area (Å²) in [4.78, 5) is 27.6. The van der Waals surface area contributed by atoms with Crippen molar-refractivity contribution in [1.82, 2.24) is 9.62 Å². The van der Waals surface area contributed by atoms with E-state index in [9.17, 15) is 18.0 Å². The van der Waals surface area contributed by atoms with E-state index in [-0.39, 0.29) is 23.4 Å². The highest BCUT2D eigenvalue weighted by Gasteiger charge is 2.41. The molecule has 156 valence electrons. The standard InChI is InChI=1S/C21H19ClN2O5S/c22-17-8-4-1-5-14(17)13-23-30(27,28)21-18(24-9-11-29-12-10-24)19(25)15-6-2-3-7-16(15)20(21)26/h1-8,23H,9-13H2. The lowest BCUT2D eigenvalue weighted by Crippen LogP contribution is -2.43. The predicted molar refractivity (Wildman–Crippen MR) is 112 cm³/mol. The summed E-state index contributed by atoms with van der Waals surface area (Å²) in [6.45, 7) is 1.21. The SMILES string of the molecule is O=C1C(N2CCOCC2)=C(S(=O)(=O)NCc2ccccc2Cl)C(=O)c2ccccc21. The number of carbonyl (C=O) groups is 2. The number of nitrogens with zero attached hydrogens (tertiary/aromatic N) is 1. The average molecular weight is 447 g/mol. The van der Waals surface area contributed by atoms with Crippen LogP contribution in [-0.4, -0.2) is 51.2 Å². The lowest BCUT2D eigenvalue weighted by Gasteiger charge is -2.33. The third-order valence-corrected chi connectivity index (χ3v) is 6.87. The number of benzene rings is 2. The molecule has 1 aliphatic carbocycles. The lowest BCUT2D eigenvalue weighted by molar-refractivity contribution is 0.0499. The summed E-state index contributed by atoms with van der Waals surface area (Å²) in [6.07, 6.45) is 0. The maximum absolute atomic E-state index is 13.2. The summed E-state index contributed by atoms with van der Waals surface area (Å²) in [7, 11) is -4.30. The van der Waals surface area contributed by atoms with Crippen LogP contribution < -0.4 is 4.72 Å². The Kier molecular flexibility index (Phi) is 5.75. The molecule has 1 aliphatic heterocycles. The molecular weight excluding hydrogens is 428 g/mol. The van der Waals surface area contributed by atoms with Crippen LogP contribution in [-0.2, 0) is 21.3 Å². The monoisotopic (exact) mass is 446 g/mol. The molecule has 4 rings (SSSR count). The molecule has 0 amide bonds. The topological polar surface area (TPSA) is 92.8 Å². The van der Waals surface area contributed by atoms with Gasteiger partial charge in [0.05, 0.1) is 13.2 Å². The highest BCUT2D eigenvalue weighted by atomic mass is 35.5. The third kappa shape index (κ3) is 3.79. The second-order valence-corrected chi connectivity index (χ2v) is 9.01. The molecule has 2 aromatic carbocycles. The maximum atomic E-state index is 13.2. The molecule has 2 aromatic rings. The summed E-state index contributed by atoms with van der Waals surface area (Å²) in [5.74, 6) is -1.18. The smallest absolute Gasteiger partial charge is 0.247 e. The molecule has 0 saturated carbocycles. The molecule has 30 heavy (non-hydrogen) atoms. The highest BCUT2D eigenvalue weighted by Crippen LogP contribution is 2.31. The van der Waals surface area contributed by atoms with Gasteiger partial charge in [-0.15, -0.1) is 0 Å². The fourth-order valence-corrected chi connectivity index (χ4v) is 5.07. The van der Waals surface area contributed by atoms with Gasteiger partial charge in [-0.3, -0.25) is 9.59 Å². The van der Waals surface area contributed by atoms with E-state index < -0.39 is 26.5 Å². The normalized spacial score (nSPS) is 17.3. The van der Waals surface area contributed by atoms with Crippen molar-refractivity contribution in [2.45, 2.75) is 6.54 Å². The van der Waals surface area contributed by atoms with Gasteiger partial charge in [-0.25, -0.2) is 13.1 Å². The van der Waals surface area contributed by atoms with Gasteiger partial charge in [0.25, 0.3) is 0 Å². The summed E-state index contributed by atoms with van der Waals surface area (Å²) in [5.41, 5.74) is 0.742. The molecule has 1 heterocycles. The largest absolute Gasteiger partial charge is 0.378 e. The Morgan fingerprint density at radius 3 is 2.20 bits per heavy atom. The Morgan fingerprint density at radius 2 is 1.53 bits per heavy atom. The summed E-state index contributed by atoms with van der Waals surface area (Å²) < 4.78 is 34.2. The molecule has 0 bridgehead atoms. The molecule has 2 aliphatic rings. The number of allylic oxidation sites excluding steroid dienone is 2. The Balaban J connectivity index is 1.78. The number of ether oxygens (including phenoxy) is 1. The number of sulfonamides is 1. The molecule has 0 atom stereocenters. The molecule has 7 nitrogen and oxygen atoms in total. The van der Waals surface area contributed by atoms with Crippen molar-refractivity contribution in [2.24, 2.45) is 0 Å². The van der Waals surface area contributed by atoms with E-state index in [0.29, 0.717) is 36.9 Å². The highest BCUT2D eigenvalue weighted by molar-refractivity contribution is 7.94. The molecule has 0 aromatic heterocycles. The molecule has 1 N–H and O–H groups in total. The van der Waals surface area contributed by atoms with Crippen LogP contribution in [0.4, 0.5) is 0 Å². The first kappa shape index (κ1) is 20.7. The minimum absolute atomic E-state index is 0.0811. The number of nitrogens with one attached hydrogen (secondary N) is 1. The first-order valence-electron chi connectivity index (χ1n) is 9.38. The zero-order valence-electron chi connectivity index (χ0n) is 15.9. The van der Waals surface area contributed by atoms with E-state index >= 15 is 0 Å². The Hall–Kier alpha value is -2.52. The van der Waals surface area contributed by atoms with Crippen molar-refractivity contribution in [3.8, 4) is 0 Å². The van der Waals surface area contributed by atoms with E-state index in [4.69, 9.17) is 16.3 Å². The van der Waals surface area contributed by atoms with Gasteiger partial charge in [0.1, 0.15) is 5.70 Å². The van der Waals surface area contributed by atoms with Crippen molar-refractivity contribution < 1.29 is 22.7 Å². The molecular formula is C21H19ClN2O5S. The number of hydrogen-bond acceptors (Lipinski definition) is 6. The van der Waals surface area contributed by atoms with Gasteiger partial charge in [-0.05, 0) is 11.6 Å². The average Bonchev–Trinajstić information content (AvgIpc) is 2.76. The van der Waals surface area contributed by atoms with Gasteiger partial charge in [-0.2, -0.15) is 0 Å². The van der Waals surface area contributed by atoms with Crippen molar-refractivity contribution in [3.63, 3.8) is 0 Å². The lowest BCUT2D eigenvalue weighted by atomic mass is 9.91. The molecule has 0 spiro atoms. The van der Waals surface area contributed by atoms with Gasteiger partial charge >= 0.3 is 0 Å². The second kappa shape index (κ2) is 8.31. The zero-order chi connectivity index (χ0) is 21.3. The third-order valence-electron chi connectivity index (χ3n) is 5.06. The molecule has 1 fully saturated rings. The van der Waals surface area contributed by atoms with Crippen molar-refractivity contribution in [2.75, 3.05) is 26.3 Å². The van der Waals surface area contributed by atoms with Crippen LogP contribution in [0.25, 0.3) is 0 Å². The molecule has 0 unspecified atom stereocenters. The first-order chi connectivity index (χ1) is 14.4. The van der Waals surface area contributed by atoms with Gasteiger partial charge < -0.3 is 9.64 Å². The van der Waals surface area contributed by atoms with Crippen molar-refractivity contribution in [3.05, 3.63) is 80.8 Å². The fourth-order valence-electron chi connectivity index (χ4n) is 3.55. The number of fused-ring (bicyclic) bond motifs is 1. The van der Waals surface area contributed by atoms with E-state index in [1.807, 2.05) is 0 Å². The fraction of sp³-hybridized carbons (Fsp3) is 0.238. The van der Waals surface area contributed by atoms with Crippen LogP contribution in [0.2, 0.25) is 5.02 Å². The number of carbonyl (C=O) groups excluding carboxylic acids is 2. The predicted octanol–water partition coefficient (Wildman–Crippen LogP) is 2.38. The number of hydrogen-bond donors (Lipinski definition) is 1. The van der Waals surface area contributed by atoms with Crippen LogP contribution in [0, 0.1) is 0 Å². The van der Waals surface area contributed by atoms with E-state index in [1.54, 1.807) is 41.3 Å².